The fourth-order valence-electron chi connectivity index (χ4n) is 2.79. The summed E-state index contributed by atoms with van der Waals surface area (Å²) < 4.78 is 5.97. The molecule has 1 aliphatic rings. The van der Waals surface area contributed by atoms with E-state index in [4.69, 9.17) is 10.5 Å². The van der Waals surface area contributed by atoms with Gasteiger partial charge in [-0.05, 0) is 34.1 Å². The van der Waals surface area contributed by atoms with Crippen LogP contribution in [-0.2, 0) is 9.53 Å². The minimum Gasteiger partial charge on any atom is -0.366 e. The molecule has 0 bridgehead atoms. The maximum absolute atomic E-state index is 12.2. The van der Waals surface area contributed by atoms with Crippen molar-refractivity contribution < 1.29 is 9.53 Å². The summed E-state index contributed by atoms with van der Waals surface area (Å²) in [6, 6.07) is -0.0171. The molecule has 0 aromatic rings. The first-order valence-electron chi connectivity index (χ1n) is 6.89. The molecule has 0 aromatic carbocycles. The van der Waals surface area contributed by atoms with Gasteiger partial charge in [-0.15, -0.1) is 0 Å². The second-order valence-corrected chi connectivity index (χ2v) is 6.62. The number of nitrogens with zero attached hydrogens (tertiary/aromatic N) is 1. The molecule has 4 nitrogen and oxygen atoms in total. The fraction of sp³-hybridized carbons (Fsp3) is 0.929. The highest BCUT2D eigenvalue weighted by atomic mass is 16.5. The van der Waals surface area contributed by atoms with Crippen molar-refractivity contribution >= 4 is 5.91 Å². The lowest BCUT2D eigenvalue weighted by Gasteiger charge is -2.47. The van der Waals surface area contributed by atoms with E-state index in [-0.39, 0.29) is 23.2 Å². The molecule has 0 aliphatic carbocycles. The smallest absolute Gasteiger partial charge is 0.224 e. The van der Waals surface area contributed by atoms with Gasteiger partial charge in [0, 0.05) is 25.6 Å². The molecule has 1 amide bonds. The van der Waals surface area contributed by atoms with Gasteiger partial charge in [-0.2, -0.15) is 0 Å². The number of hydrogen-bond donors (Lipinski definition) is 1. The van der Waals surface area contributed by atoms with Crippen LogP contribution in [0.4, 0.5) is 0 Å². The lowest BCUT2D eigenvalue weighted by atomic mass is 9.98. The van der Waals surface area contributed by atoms with E-state index in [1.807, 2.05) is 32.6 Å². The zero-order valence-corrected chi connectivity index (χ0v) is 12.5. The van der Waals surface area contributed by atoms with Crippen molar-refractivity contribution in [3.63, 3.8) is 0 Å². The van der Waals surface area contributed by atoms with Crippen LogP contribution in [-0.4, -0.2) is 41.1 Å². The Balaban J connectivity index is 2.62. The van der Waals surface area contributed by atoms with Gasteiger partial charge in [0.15, 0.2) is 0 Å². The minimum atomic E-state index is -0.285. The number of morpholine rings is 1. The van der Waals surface area contributed by atoms with Crippen molar-refractivity contribution in [3.05, 3.63) is 0 Å². The van der Waals surface area contributed by atoms with Crippen LogP contribution in [0.2, 0.25) is 0 Å². The van der Waals surface area contributed by atoms with Crippen molar-refractivity contribution in [1.82, 2.24) is 4.90 Å². The number of amides is 1. The Morgan fingerprint density at radius 1 is 1.28 bits per heavy atom. The van der Waals surface area contributed by atoms with Gasteiger partial charge in [-0.25, -0.2) is 0 Å². The van der Waals surface area contributed by atoms with Gasteiger partial charge in [0.1, 0.15) is 0 Å². The van der Waals surface area contributed by atoms with E-state index in [9.17, 15) is 4.79 Å². The summed E-state index contributed by atoms with van der Waals surface area (Å²) in [4.78, 5) is 14.2. The number of carbonyl (C=O) groups excluding carboxylic acids is 1. The summed E-state index contributed by atoms with van der Waals surface area (Å²) in [5.74, 6) is 0.153. The minimum absolute atomic E-state index is 0.0171. The van der Waals surface area contributed by atoms with Crippen LogP contribution in [0.15, 0.2) is 0 Å². The molecule has 0 saturated carbocycles. The standard InChI is InChI=1S/C14H28N2O2/c1-6-7-11(15)8-12(17)16-9-13(2,3)18-14(4,5)10-16/h11H,6-10,15H2,1-5H3. The monoisotopic (exact) mass is 256 g/mol. The van der Waals surface area contributed by atoms with Crippen LogP contribution >= 0.6 is 0 Å². The maximum Gasteiger partial charge on any atom is 0.224 e. The molecular formula is C14H28N2O2. The summed E-state index contributed by atoms with van der Waals surface area (Å²) in [7, 11) is 0. The maximum atomic E-state index is 12.2. The molecule has 1 atom stereocenters. The first kappa shape index (κ1) is 15.4. The van der Waals surface area contributed by atoms with Gasteiger partial charge in [-0.1, -0.05) is 13.3 Å². The van der Waals surface area contributed by atoms with Gasteiger partial charge in [0.05, 0.1) is 11.2 Å². The number of rotatable bonds is 4. The van der Waals surface area contributed by atoms with Crippen LogP contribution in [0.1, 0.15) is 53.9 Å². The highest BCUT2D eigenvalue weighted by Gasteiger charge is 2.39. The van der Waals surface area contributed by atoms with Crippen LogP contribution in [0.25, 0.3) is 0 Å². The second kappa shape index (κ2) is 5.57. The van der Waals surface area contributed by atoms with Crippen LogP contribution in [0.5, 0.6) is 0 Å². The highest BCUT2D eigenvalue weighted by molar-refractivity contribution is 5.77. The third-order valence-electron chi connectivity index (χ3n) is 3.14. The third kappa shape index (κ3) is 4.58. The Labute approximate surface area is 111 Å². The largest absolute Gasteiger partial charge is 0.366 e. The Morgan fingerprint density at radius 2 is 1.78 bits per heavy atom. The van der Waals surface area contributed by atoms with E-state index < -0.39 is 0 Å². The lowest BCUT2D eigenvalue weighted by Crippen LogP contribution is -2.59. The fourth-order valence-corrected chi connectivity index (χ4v) is 2.79. The predicted octanol–water partition coefficient (Wildman–Crippen LogP) is 1.92. The van der Waals surface area contributed by atoms with Crippen LogP contribution in [0, 0.1) is 0 Å². The molecule has 1 rings (SSSR count). The van der Waals surface area contributed by atoms with Gasteiger partial charge >= 0.3 is 0 Å². The van der Waals surface area contributed by atoms with E-state index in [2.05, 4.69) is 6.92 Å². The Kier molecular flexibility index (Phi) is 4.78. The lowest BCUT2D eigenvalue weighted by molar-refractivity contribution is -0.188. The number of ether oxygens (including phenoxy) is 1. The third-order valence-corrected chi connectivity index (χ3v) is 3.14. The van der Waals surface area contributed by atoms with E-state index in [0.717, 1.165) is 12.8 Å². The highest BCUT2D eigenvalue weighted by Crippen LogP contribution is 2.28. The molecule has 4 heteroatoms. The molecule has 0 spiro atoms. The SMILES string of the molecule is CCCC(N)CC(=O)N1CC(C)(C)OC(C)(C)C1. The quantitative estimate of drug-likeness (QED) is 0.836. The van der Waals surface area contributed by atoms with Crippen LogP contribution < -0.4 is 5.73 Å². The van der Waals surface area contributed by atoms with Crippen molar-refractivity contribution in [1.29, 1.82) is 0 Å². The van der Waals surface area contributed by atoms with E-state index >= 15 is 0 Å². The molecule has 0 radical (unpaired) electrons. The summed E-state index contributed by atoms with van der Waals surface area (Å²) in [5, 5.41) is 0. The first-order chi connectivity index (χ1) is 8.15. The van der Waals surface area contributed by atoms with Crippen molar-refractivity contribution in [2.24, 2.45) is 5.73 Å². The average Bonchev–Trinajstić information content (AvgIpc) is 2.12. The van der Waals surface area contributed by atoms with E-state index in [0.29, 0.717) is 19.5 Å². The number of carbonyl (C=O) groups is 1. The normalized spacial score (nSPS) is 23.8. The second-order valence-electron chi connectivity index (χ2n) is 6.62. The predicted molar refractivity (Wildman–Crippen MR) is 73.3 cm³/mol. The molecule has 2 N–H and O–H groups in total. The van der Waals surface area contributed by atoms with Crippen molar-refractivity contribution in [2.75, 3.05) is 13.1 Å². The molecule has 1 heterocycles. The Hall–Kier alpha value is -0.610. The van der Waals surface area contributed by atoms with Crippen LogP contribution in [0.3, 0.4) is 0 Å². The molecule has 106 valence electrons. The average molecular weight is 256 g/mol. The Morgan fingerprint density at radius 3 is 2.22 bits per heavy atom. The molecule has 1 fully saturated rings. The van der Waals surface area contributed by atoms with Gasteiger partial charge < -0.3 is 15.4 Å². The summed E-state index contributed by atoms with van der Waals surface area (Å²) >= 11 is 0. The van der Waals surface area contributed by atoms with E-state index in [1.54, 1.807) is 0 Å². The molecule has 1 aliphatic heterocycles. The van der Waals surface area contributed by atoms with Gasteiger partial charge in [0.2, 0.25) is 5.91 Å². The summed E-state index contributed by atoms with van der Waals surface area (Å²) in [6.07, 6.45) is 2.37. The number of hydrogen-bond acceptors (Lipinski definition) is 3. The Bertz CT molecular complexity index is 284. The summed E-state index contributed by atoms with van der Waals surface area (Å²) in [5.41, 5.74) is 5.38. The van der Waals surface area contributed by atoms with Crippen molar-refractivity contribution in [2.45, 2.75) is 71.1 Å². The zero-order chi connectivity index (χ0) is 14.0. The van der Waals surface area contributed by atoms with E-state index in [1.165, 1.54) is 0 Å². The molecule has 0 aromatic heterocycles. The zero-order valence-electron chi connectivity index (χ0n) is 12.5. The topological polar surface area (TPSA) is 55.6 Å². The van der Waals surface area contributed by atoms with Crippen molar-refractivity contribution in [3.8, 4) is 0 Å². The molecule has 1 saturated heterocycles. The van der Waals surface area contributed by atoms with Gasteiger partial charge in [0.25, 0.3) is 0 Å². The first-order valence-corrected chi connectivity index (χ1v) is 6.89. The molecular weight excluding hydrogens is 228 g/mol. The number of nitrogens with two attached hydrogens (primary N) is 1. The summed E-state index contributed by atoms with van der Waals surface area (Å²) in [6.45, 7) is 11.5. The molecule has 1 unspecified atom stereocenters. The van der Waals surface area contributed by atoms with Gasteiger partial charge in [-0.3, -0.25) is 4.79 Å². The molecule has 18 heavy (non-hydrogen) atoms.